The SMILES string of the molecule is Cc1cc(C(=O)O)cc(S(=O)(=O)N(C)CC2CC2)c1C. The van der Waals surface area contributed by atoms with Gasteiger partial charge in [0.15, 0.2) is 0 Å². The van der Waals surface area contributed by atoms with Crippen molar-refractivity contribution in [2.45, 2.75) is 31.6 Å². The van der Waals surface area contributed by atoms with E-state index in [1.54, 1.807) is 20.9 Å². The Hall–Kier alpha value is -1.40. The van der Waals surface area contributed by atoms with E-state index in [4.69, 9.17) is 5.11 Å². The Morgan fingerprint density at radius 1 is 1.35 bits per heavy atom. The van der Waals surface area contributed by atoms with Gasteiger partial charge in [0, 0.05) is 13.6 Å². The summed E-state index contributed by atoms with van der Waals surface area (Å²) in [5.41, 5.74) is 1.28. The van der Waals surface area contributed by atoms with E-state index in [0.717, 1.165) is 12.8 Å². The van der Waals surface area contributed by atoms with E-state index in [2.05, 4.69) is 0 Å². The monoisotopic (exact) mass is 297 g/mol. The van der Waals surface area contributed by atoms with Crippen LogP contribution in [0.5, 0.6) is 0 Å². The van der Waals surface area contributed by atoms with Gasteiger partial charge in [0.05, 0.1) is 10.5 Å². The van der Waals surface area contributed by atoms with Crippen LogP contribution in [-0.4, -0.2) is 37.4 Å². The number of carboxylic acids is 1. The number of carboxylic acid groups (broad SMARTS) is 1. The molecule has 1 aromatic carbocycles. The second kappa shape index (κ2) is 5.18. The van der Waals surface area contributed by atoms with Gasteiger partial charge in [-0.2, -0.15) is 0 Å². The molecule has 1 aromatic rings. The number of carbonyl (C=O) groups is 1. The van der Waals surface area contributed by atoms with Crippen LogP contribution in [0.4, 0.5) is 0 Å². The number of rotatable bonds is 5. The second-order valence-corrected chi connectivity index (χ2v) is 7.46. The van der Waals surface area contributed by atoms with Gasteiger partial charge in [0.25, 0.3) is 0 Å². The standard InChI is InChI=1S/C14H19NO4S/c1-9-6-12(14(16)17)7-13(10(9)2)20(18,19)15(3)8-11-4-5-11/h6-7,11H,4-5,8H2,1-3H3,(H,16,17). The fourth-order valence-corrected chi connectivity index (χ4v) is 3.72. The summed E-state index contributed by atoms with van der Waals surface area (Å²) in [7, 11) is -2.08. The van der Waals surface area contributed by atoms with Gasteiger partial charge < -0.3 is 5.11 Å². The average Bonchev–Trinajstić information content (AvgIpc) is 3.15. The van der Waals surface area contributed by atoms with Crippen LogP contribution in [0.3, 0.4) is 0 Å². The molecule has 6 heteroatoms. The van der Waals surface area contributed by atoms with Crippen LogP contribution in [0.2, 0.25) is 0 Å². The summed E-state index contributed by atoms with van der Waals surface area (Å²) in [6, 6.07) is 2.75. The molecule has 0 radical (unpaired) electrons. The van der Waals surface area contributed by atoms with E-state index in [9.17, 15) is 13.2 Å². The molecule has 0 atom stereocenters. The number of hydrogen-bond acceptors (Lipinski definition) is 3. The Kier molecular flexibility index (Phi) is 3.88. The lowest BCUT2D eigenvalue weighted by Gasteiger charge is -2.19. The van der Waals surface area contributed by atoms with E-state index in [-0.39, 0.29) is 10.5 Å². The third-order valence-corrected chi connectivity index (χ3v) is 5.72. The summed E-state index contributed by atoms with van der Waals surface area (Å²) < 4.78 is 26.5. The van der Waals surface area contributed by atoms with Gasteiger partial charge in [-0.05, 0) is 55.9 Å². The van der Waals surface area contributed by atoms with Crippen molar-refractivity contribution in [1.82, 2.24) is 4.31 Å². The molecule has 1 saturated carbocycles. The highest BCUT2D eigenvalue weighted by atomic mass is 32.2. The molecule has 0 saturated heterocycles. The molecule has 0 heterocycles. The first kappa shape index (κ1) is 15.0. The van der Waals surface area contributed by atoms with Crippen molar-refractivity contribution in [3.05, 3.63) is 28.8 Å². The average molecular weight is 297 g/mol. The first-order valence-corrected chi connectivity index (χ1v) is 7.98. The van der Waals surface area contributed by atoms with Crippen molar-refractivity contribution in [2.75, 3.05) is 13.6 Å². The quantitative estimate of drug-likeness (QED) is 0.902. The molecule has 1 N–H and O–H groups in total. The predicted octanol–water partition coefficient (Wildman–Crippen LogP) is 2.03. The summed E-state index contributed by atoms with van der Waals surface area (Å²) in [5, 5.41) is 9.08. The van der Waals surface area contributed by atoms with Crippen LogP contribution < -0.4 is 0 Å². The van der Waals surface area contributed by atoms with Gasteiger partial charge in [0.2, 0.25) is 10.0 Å². The molecular formula is C14H19NO4S. The predicted molar refractivity (Wildman–Crippen MR) is 75.4 cm³/mol. The molecule has 1 fully saturated rings. The number of benzene rings is 1. The largest absolute Gasteiger partial charge is 0.478 e. The Balaban J connectivity index is 2.46. The minimum Gasteiger partial charge on any atom is -0.478 e. The Morgan fingerprint density at radius 3 is 2.45 bits per heavy atom. The van der Waals surface area contributed by atoms with Crippen molar-refractivity contribution < 1.29 is 18.3 Å². The van der Waals surface area contributed by atoms with Gasteiger partial charge in [-0.3, -0.25) is 0 Å². The van der Waals surface area contributed by atoms with Crippen molar-refractivity contribution in [2.24, 2.45) is 5.92 Å². The third kappa shape index (κ3) is 2.86. The normalized spacial score (nSPS) is 15.6. The highest BCUT2D eigenvalue weighted by molar-refractivity contribution is 7.89. The summed E-state index contributed by atoms with van der Waals surface area (Å²) in [5.74, 6) is -0.673. The minimum absolute atomic E-state index is 0.00602. The number of sulfonamides is 1. The lowest BCUT2D eigenvalue weighted by molar-refractivity contribution is 0.0696. The molecule has 20 heavy (non-hydrogen) atoms. The smallest absolute Gasteiger partial charge is 0.335 e. The lowest BCUT2D eigenvalue weighted by Crippen LogP contribution is -2.29. The maximum Gasteiger partial charge on any atom is 0.335 e. The number of hydrogen-bond donors (Lipinski definition) is 1. The van der Waals surface area contributed by atoms with E-state index in [1.807, 2.05) is 0 Å². The molecule has 0 aliphatic heterocycles. The summed E-state index contributed by atoms with van der Waals surface area (Å²) >= 11 is 0. The van der Waals surface area contributed by atoms with Crippen molar-refractivity contribution >= 4 is 16.0 Å². The lowest BCUT2D eigenvalue weighted by atomic mass is 10.1. The zero-order valence-electron chi connectivity index (χ0n) is 11.9. The van der Waals surface area contributed by atoms with Crippen LogP contribution in [0.25, 0.3) is 0 Å². The van der Waals surface area contributed by atoms with Crippen molar-refractivity contribution in [3.63, 3.8) is 0 Å². The second-order valence-electron chi connectivity index (χ2n) is 5.45. The van der Waals surface area contributed by atoms with Crippen LogP contribution in [0, 0.1) is 19.8 Å². The van der Waals surface area contributed by atoms with Gasteiger partial charge in [-0.25, -0.2) is 17.5 Å². The van der Waals surface area contributed by atoms with Gasteiger partial charge in [-0.1, -0.05) is 0 Å². The van der Waals surface area contributed by atoms with Crippen molar-refractivity contribution in [1.29, 1.82) is 0 Å². The molecule has 0 aromatic heterocycles. The van der Waals surface area contributed by atoms with Gasteiger partial charge in [0.1, 0.15) is 0 Å². The van der Waals surface area contributed by atoms with Gasteiger partial charge >= 0.3 is 5.97 Å². The Bertz CT molecular complexity index is 647. The molecule has 110 valence electrons. The van der Waals surface area contributed by atoms with Gasteiger partial charge in [-0.15, -0.1) is 0 Å². The molecule has 0 bridgehead atoms. The Labute approximate surface area is 119 Å². The first-order valence-electron chi connectivity index (χ1n) is 6.54. The minimum atomic E-state index is -3.63. The van der Waals surface area contributed by atoms with E-state index >= 15 is 0 Å². The summed E-state index contributed by atoms with van der Waals surface area (Å²) in [4.78, 5) is 11.2. The molecular weight excluding hydrogens is 278 g/mol. The fourth-order valence-electron chi connectivity index (χ4n) is 2.15. The highest BCUT2D eigenvalue weighted by Gasteiger charge is 2.30. The number of nitrogens with zero attached hydrogens (tertiary/aromatic N) is 1. The molecule has 1 aliphatic rings. The van der Waals surface area contributed by atoms with Crippen LogP contribution in [0.1, 0.15) is 34.3 Å². The van der Waals surface area contributed by atoms with Crippen molar-refractivity contribution in [3.8, 4) is 0 Å². The number of aryl methyl sites for hydroxylation is 1. The van der Waals surface area contributed by atoms with E-state index < -0.39 is 16.0 Å². The topological polar surface area (TPSA) is 74.7 Å². The molecule has 2 rings (SSSR count). The molecule has 0 spiro atoms. The Morgan fingerprint density at radius 2 is 1.95 bits per heavy atom. The first-order chi connectivity index (χ1) is 9.23. The zero-order chi connectivity index (χ0) is 15.1. The van der Waals surface area contributed by atoms with Crippen LogP contribution in [-0.2, 0) is 10.0 Å². The fraction of sp³-hybridized carbons (Fsp3) is 0.500. The van der Waals surface area contributed by atoms with Crippen LogP contribution >= 0.6 is 0 Å². The third-order valence-electron chi connectivity index (χ3n) is 3.77. The van der Waals surface area contributed by atoms with E-state index in [0.29, 0.717) is 23.6 Å². The summed E-state index contributed by atoms with van der Waals surface area (Å²) in [6.07, 6.45) is 2.13. The van der Waals surface area contributed by atoms with Crippen LogP contribution in [0.15, 0.2) is 17.0 Å². The molecule has 5 nitrogen and oxygen atoms in total. The molecule has 0 amide bonds. The zero-order valence-corrected chi connectivity index (χ0v) is 12.7. The summed E-state index contributed by atoms with van der Waals surface area (Å²) in [6.45, 7) is 3.93. The highest BCUT2D eigenvalue weighted by Crippen LogP contribution is 2.32. The van der Waals surface area contributed by atoms with E-state index in [1.165, 1.54) is 16.4 Å². The molecule has 1 aliphatic carbocycles. The maximum absolute atomic E-state index is 12.6. The number of aromatic carboxylic acids is 1. The maximum atomic E-state index is 12.6. The molecule has 0 unspecified atom stereocenters.